The Bertz CT molecular complexity index is 520. The molecular formula is C16H21NO5. The van der Waals surface area contributed by atoms with Gasteiger partial charge in [0.05, 0.1) is 13.0 Å². The van der Waals surface area contributed by atoms with Gasteiger partial charge < -0.3 is 19.9 Å². The summed E-state index contributed by atoms with van der Waals surface area (Å²) in [5.74, 6) is -0.553. The Kier molecular flexibility index (Phi) is 5.38. The minimum Gasteiger partial charge on any atom is -0.494 e. The number of hydrogen-bond acceptors (Lipinski definition) is 4. The van der Waals surface area contributed by atoms with Crippen LogP contribution in [0.15, 0.2) is 24.3 Å². The minimum absolute atomic E-state index is 0.141. The van der Waals surface area contributed by atoms with Crippen LogP contribution in [0.25, 0.3) is 0 Å². The van der Waals surface area contributed by atoms with Crippen LogP contribution in [0.3, 0.4) is 0 Å². The van der Waals surface area contributed by atoms with Crippen molar-refractivity contribution in [3.05, 3.63) is 29.8 Å². The molecule has 1 aliphatic rings. The van der Waals surface area contributed by atoms with Gasteiger partial charge in [-0.15, -0.1) is 0 Å². The van der Waals surface area contributed by atoms with Gasteiger partial charge in [-0.3, -0.25) is 4.79 Å². The zero-order chi connectivity index (χ0) is 16.0. The molecule has 6 heteroatoms. The summed E-state index contributed by atoms with van der Waals surface area (Å²) < 4.78 is 10.5. The molecule has 22 heavy (non-hydrogen) atoms. The Balaban J connectivity index is 1.97. The van der Waals surface area contributed by atoms with Gasteiger partial charge in [0.1, 0.15) is 11.3 Å². The molecule has 6 nitrogen and oxygen atoms in total. The van der Waals surface area contributed by atoms with E-state index in [-0.39, 0.29) is 25.2 Å². The lowest BCUT2D eigenvalue weighted by molar-refractivity contribution is -0.152. The number of nitrogens with one attached hydrogen (secondary N) is 1. The lowest BCUT2D eigenvalue weighted by Gasteiger charge is -2.33. The predicted octanol–water partition coefficient (Wildman–Crippen LogP) is 1.38. The predicted molar refractivity (Wildman–Crippen MR) is 79.9 cm³/mol. The molecule has 0 unspecified atom stereocenters. The van der Waals surface area contributed by atoms with Crippen LogP contribution in [0.2, 0.25) is 0 Å². The van der Waals surface area contributed by atoms with E-state index in [1.807, 2.05) is 19.1 Å². The van der Waals surface area contributed by atoms with Crippen LogP contribution in [0, 0.1) is 0 Å². The Labute approximate surface area is 129 Å². The monoisotopic (exact) mass is 307 g/mol. The molecule has 120 valence electrons. The van der Waals surface area contributed by atoms with Gasteiger partial charge >= 0.3 is 5.97 Å². The van der Waals surface area contributed by atoms with Crippen molar-refractivity contribution in [1.29, 1.82) is 0 Å². The van der Waals surface area contributed by atoms with Crippen LogP contribution >= 0.6 is 0 Å². The van der Waals surface area contributed by atoms with Crippen LogP contribution in [0.1, 0.15) is 25.3 Å². The number of aliphatic carboxylic acids is 1. The molecule has 1 heterocycles. The Morgan fingerprint density at radius 3 is 2.45 bits per heavy atom. The van der Waals surface area contributed by atoms with Crippen molar-refractivity contribution in [3.63, 3.8) is 0 Å². The van der Waals surface area contributed by atoms with Crippen molar-refractivity contribution in [1.82, 2.24) is 5.32 Å². The molecule has 0 aliphatic carbocycles. The average molecular weight is 307 g/mol. The standard InChI is InChI=1S/C16H21NO5/c1-2-22-13-5-3-12(4-6-13)11-14(18)17-16(15(19)20)7-9-21-10-8-16/h3-6H,2,7-11H2,1H3,(H,17,18)(H,19,20). The van der Waals surface area contributed by atoms with Crippen molar-refractivity contribution >= 4 is 11.9 Å². The van der Waals surface area contributed by atoms with Crippen LogP contribution in [0.5, 0.6) is 5.75 Å². The summed E-state index contributed by atoms with van der Waals surface area (Å²) >= 11 is 0. The number of ether oxygens (including phenoxy) is 2. The molecule has 1 aliphatic heterocycles. The van der Waals surface area contributed by atoms with Crippen LogP contribution in [-0.2, 0) is 20.7 Å². The molecule has 0 atom stereocenters. The van der Waals surface area contributed by atoms with E-state index >= 15 is 0 Å². The second-order valence-corrected chi connectivity index (χ2v) is 5.30. The van der Waals surface area contributed by atoms with Gasteiger partial charge in [-0.25, -0.2) is 4.79 Å². The molecule has 0 spiro atoms. The van der Waals surface area contributed by atoms with Gasteiger partial charge in [0.15, 0.2) is 0 Å². The first-order valence-electron chi connectivity index (χ1n) is 7.39. The molecule has 2 N–H and O–H groups in total. The van der Waals surface area contributed by atoms with E-state index in [0.29, 0.717) is 19.8 Å². The largest absolute Gasteiger partial charge is 0.494 e. The highest BCUT2D eigenvalue weighted by Gasteiger charge is 2.41. The SMILES string of the molecule is CCOc1ccc(CC(=O)NC2(C(=O)O)CCOCC2)cc1. The highest BCUT2D eigenvalue weighted by Crippen LogP contribution is 2.21. The van der Waals surface area contributed by atoms with Gasteiger partial charge in [0, 0.05) is 26.1 Å². The lowest BCUT2D eigenvalue weighted by atomic mass is 9.90. The second kappa shape index (κ2) is 7.26. The molecule has 0 aromatic heterocycles. The Hall–Kier alpha value is -2.08. The fraction of sp³-hybridized carbons (Fsp3) is 0.500. The molecule has 0 saturated carbocycles. The van der Waals surface area contributed by atoms with Crippen LogP contribution in [-0.4, -0.2) is 42.3 Å². The second-order valence-electron chi connectivity index (χ2n) is 5.30. The quantitative estimate of drug-likeness (QED) is 0.829. The fourth-order valence-electron chi connectivity index (χ4n) is 2.48. The lowest BCUT2D eigenvalue weighted by Crippen LogP contribution is -2.57. The topological polar surface area (TPSA) is 84.9 Å². The number of benzene rings is 1. The first-order valence-corrected chi connectivity index (χ1v) is 7.39. The maximum absolute atomic E-state index is 12.2. The molecule has 0 radical (unpaired) electrons. The summed E-state index contributed by atoms with van der Waals surface area (Å²) in [5.41, 5.74) is -0.394. The fourth-order valence-corrected chi connectivity index (χ4v) is 2.48. The minimum atomic E-state index is -1.21. The summed E-state index contributed by atoms with van der Waals surface area (Å²) in [6.07, 6.45) is 0.719. The zero-order valence-electron chi connectivity index (χ0n) is 12.6. The number of carbonyl (C=O) groups is 2. The van der Waals surface area contributed by atoms with E-state index in [2.05, 4.69) is 5.32 Å². The highest BCUT2D eigenvalue weighted by molar-refractivity contribution is 5.88. The third-order valence-corrected chi connectivity index (χ3v) is 3.73. The van der Waals surface area contributed by atoms with Crippen LogP contribution < -0.4 is 10.1 Å². The van der Waals surface area contributed by atoms with Gasteiger partial charge in [0.2, 0.25) is 5.91 Å². The summed E-state index contributed by atoms with van der Waals surface area (Å²) in [6.45, 7) is 3.18. The van der Waals surface area contributed by atoms with Gasteiger partial charge in [-0.05, 0) is 24.6 Å². The van der Waals surface area contributed by atoms with Gasteiger partial charge in [-0.2, -0.15) is 0 Å². The number of carbonyl (C=O) groups excluding carboxylic acids is 1. The van der Waals surface area contributed by atoms with E-state index in [1.54, 1.807) is 12.1 Å². The van der Waals surface area contributed by atoms with Gasteiger partial charge in [-0.1, -0.05) is 12.1 Å². The number of carboxylic acids is 1. The average Bonchev–Trinajstić information content (AvgIpc) is 2.50. The van der Waals surface area contributed by atoms with E-state index in [4.69, 9.17) is 9.47 Å². The number of amides is 1. The third-order valence-electron chi connectivity index (χ3n) is 3.73. The van der Waals surface area contributed by atoms with Crippen molar-refractivity contribution in [3.8, 4) is 5.75 Å². The summed E-state index contributed by atoms with van der Waals surface area (Å²) in [6, 6.07) is 7.21. The van der Waals surface area contributed by atoms with E-state index in [0.717, 1.165) is 11.3 Å². The summed E-state index contributed by atoms with van der Waals surface area (Å²) in [4.78, 5) is 23.6. The molecule has 2 rings (SSSR count). The van der Waals surface area contributed by atoms with Crippen LogP contribution in [0.4, 0.5) is 0 Å². The number of hydrogen-bond donors (Lipinski definition) is 2. The smallest absolute Gasteiger partial charge is 0.329 e. The van der Waals surface area contributed by atoms with E-state index < -0.39 is 11.5 Å². The first-order chi connectivity index (χ1) is 10.6. The highest BCUT2D eigenvalue weighted by atomic mass is 16.5. The van der Waals surface area contributed by atoms with Crippen molar-refractivity contribution < 1.29 is 24.2 Å². The third kappa shape index (κ3) is 3.98. The molecule has 1 amide bonds. The number of carboxylic acid groups (broad SMARTS) is 1. The molecule has 1 aromatic carbocycles. The molecule has 1 fully saturated rings. The maximum atomic E-state index is 12.2. The molecule has 0 bridgehead atoms. The van der Waals surface area contributed by atoms with E-state index in [1.165, 1.54) is 0 Å². The molecule has 1 aromatic rings. The normalized spacial score (nSPS) is 16.8. The summed E-state index contributed by atoms with van der Waals surface area (Å²) in [5, 5.41) is 12.1. The Morgan fingerprint density at radius 2 is 1.91 bits per heavy atom. The van der Waals surface area contributed by atoms with Crippen molar-refractivity contribution in [2.24, 2.45) is 0 Å². The van der Waals surface area contributed by atoms with Crippen molar-refractivity contribution in [2.75, 3.05) is 19.8 Å². The molecule has 1 saturated heterocycles. The van der Waals surface area contributed by atoms with E-state index in [9.17, 15) is 14.7 Å². The van der Waals surface area contributed by atoms with Gasteiger partial charge in [0.25, 0.3) is 0 Å². The molecular weight excluding hydrogens is 286 g/mol. The van der Waals surface area contributed by atoms with Crippen molar-refractivity contribution in [2.45, 2.75) is 31.7 Å². The summed E-state index contributed by atoms with van der Waals surface area (Å²) in [7, 11) is 0. The maximum Gasteiger partial charge on any atom is 0.329 e. The zero-order valence-corrected chi connectivity index (χ0v) is 12.6. The number of rotatable bonds is 6. The first kappa shape index (κ1) is 16.3. The Morgan fingerprint density at radius 1 is 1.27 bits per heavy atom.